The third-order valence-corrected chi connectivity index (χ3v) is 3.05. The van der Waals surface area contributed by atoms with E-state index in [0.29, 0.717) is 18.6 Å². The molecule has 1 aliphatic carbocycles. The van der Waals surface area contributed by atoms with Gasteiger partial charge in [-0.25, -0.2) is 9.59 Å². The molecule has 0 atom stereocenters. The first kappa shape index (κ1) is 10.1. The Morgan fingerprint density at radius 1 is 1.12 bits per heavy atom. The summed E-state index contributed by atoms with van der Waals surface area (Å²) in [7, 11) is 0. The van der Waals surface area contributed by atoms with E-state index in [9.17, 15) is 14.7 Å². The zero-order chi connectivity index (χ0) is 12.0. The van der Waals surface area contributed by atoms with E-state index in [1.54, 1.807) is 0 Å². The van der Waals surface area contributed by atoms with Gasteiger partial charge in [0.25, 0.3) is 0 Å². The van der Waals surface area contributed by atoms with Gasteiger partial charge in [-0.3, -0.25) is 0 Å². The Kier molecular flexibility index (Phi) is 2.07. The molecule has 0 spiro atoms. The first-order valence-corrected chi connectivity index (χ1v) is 5.48. The van der Waals surface area contributed by atoms with Gasteiger partial charge < -0.3 is 13.9 Å². The summed E-state index contributed by atoms with van der Waals surface area (Å²) in [5, 5.41) is 9.58. The minimum atomic E-state index is -0.659. The highest BCUT2D eigenvalue weighted by molar-refractivity contribution is 5.84. The highest BCUT2D eigenvalue weighted by Crippen LogP contribution is 2.29. The lowest BCUT2D eigenvalue weighted by atomic mass is 9.96. The maximum absolute atomic E-state index is 11.7. The van der Waals surface area contributed by atoms with Crippen molar-refractivity contribution in [2.24, 2.45) is 0 Å². The summed E-state index contributed by atoms with van der Waals surface area (Å²) < 4.78 is 10.2. The van der Waals surface area contributed by atoms with E-state index >= 15 is 0 Å². The van der Waals surface area contributed by atoms with Crippen molar-refractivity contribution in [1.29, 1.82) is 0 Å². The maximum atomic E-state index is 11.7. The number of rotatable bonds is 0. The molecule has 0 aromatic carbocycles. The summed E-state index contributed by atoms with van der Waals surface area (Å²) in [4.78, 5) is 22.9. The van der Waals surface area contributed by atoms with Crippen molar-refractivity contribution in [2.75, 3.05) is 0 Å². The van der Waals surface area contributed by atoms with Gasteiger partial charge in [-0.1, -0.05) is 0 Å². The van der Waals surface area contributed by atoms with Gasteiger partial charge in [0.05, 0.1) is 6.07 Å². The number of hydrogen-bond donors (Lipinski definition) is 1. The summed E-state index contributed by atoms with van der Waals surface area (Å²) in [6.07, 6.45) is 3.27. The molecule has 88 valence electrons. The first-order valence-electron chi connectivity index (χ1n) is 5.48. The van der Waals surface area contributed by atoms with Gasteiger partial charge in [-0.2, -0.15) is 0 Å². The summed E-state index contributed by atoms with van der Waals surface area (Å²) in [5.41, 5.74) is -0.393. The van der Waals surface area contributed by atoms with Crippen molar-refractivity contribution >= 4 is 11.0 Å². The van der Waals surface area contributed by atoms with Gasteiger partial charge >= 0.3 is 11.3 Å². The molecule has 0 saturated heterocycles. The van der Waals surface area contributed by atoms with E-state index < -0.39 is 11.3 Å². The van der Waals surface area contributed by atoms with Crippen LogP contribution in [0.1, 0.15) is 24.2 Å². The molecule has 0 amide bonds. The molecule has 5 heteroatoms. The molecule has 1 N–H and O–H groups in total. The molecule has 0 fully saturated rings. The Labute approximate surface area is 95.3 Å². The normalized spacial score (nSPS) is 14.8. The van der Waals surface area contributed by atoms with Crippen LogP contribution in [-0.2, 0) is 12.8 Å². The van der Waals surface area contributed by atoms with Crippen molar-refractivity contribution in [2.45, 2.75) is 25.7 Å². The highest BCUT2D eigenvalue weighted by atomic mass is 16.4. The number of fused-ring (bicyclic) bond motifs is 3. The molecule has 0 aliphatic heterocycles. The summed E-state index contributed by atoms with van der Waals surface area (Å²) >= 11 is 0. The molecule has 0 radical (unpaired) electrons. The summed E-state index contributed by atoms with van der Waals surface area (Å²) in [6, 6.07) is 0.883. The Hall–Kier alpha value is -2.04. The molecule has 17 heavy (non-hydrogen) atoms. The van der Waals surface area contributed by atoms with Gasteiger partial charge in [0.15, 0.2) is 5.58 Å². The number of aromatic hydroxyl groups is 1. The smallest absolute Gasteiger partial charge is 0.350 e. The summed E-state index contributed by atoms with van der Waals surface area (Å²) in [5.74, 6) is 0.195. The Morgan fingerprint density at radius 2 is 1.88 bits per heavy atom. The van der Waals surface area contributed by atoms with Gasteiger partial charge in [0.2, 0.25) is 0 Å². The van der Waals surface area contributed by atoms with Gasteiger partial charge in [0, 0.05) is 12.0 Å². The molecular weight excluding hydrogens is 224 g/mol. The van der Waals surface area contributed by atoms with Crippen LogP contribution in [0.4, 0.5) is 0 Å². The third-order valence-electron chi connectivity index (χ3n) is 3.05. The lowest BCUT2D eigenvalue weighted by Gasteiger charge is -2.14. The minimum absolute atomic E-state index is 0.0368. The third kappa shape index (κ3) is 1.46. The Balaban J connectivity index is 2.53. The number of aryl methyl sites for hydroxylation is 2. The van der Waals surface area contributed by atoms with Crippen LogP contribution in [0.5, 0.6) is 5.75 Å². The molecular formula is C12H10O5. The van der Waals surface area contributed by atoms with Gasteiger partial charge in [-0.15, -0.1) is 0 Å². The molecule has 0 saturated carbocycles. The molecule has 3 rings (SSSR count). The van der Waals surface area contributed by atoms with E-state index in [1.807, 2.05) is 0 Å². The average molecular weight is 234 g/mol. The number of hydrogen-bond acceptors (Lipinski definition) is 5. The van der Waals surface area contributed by atoms with Crippen molar-refractivity contribution in [1.82, 2.24) is 0 Å². The monoisotopic (exact) mass is 234 g/mol. The fourth-order valence-electron chi connectivity index (χ4n) is 2.28. The lowest BCUT2D eigenvalue weighted by Crippen LogP contribution is -2.12. The van der Waals surface area contributed by atoms with Crippen LogP contribution in [0.2, 0.25) is 0 Å². The van der Waals surface area contributed by atoms with Crippen LogP contribution in [0, 0.1) is 0 Å². The minimum Gasteiger partial charge on any atom is -0.507 e. The fraction of sp³-hybridized carbons (Fsp3) is 0.333. The van der Waals surface area contributed by atoms with Crippen LogP contribution in [0.15, 0.2) is 24.5 Å². The van der Waals surface area contributed by atoms with Crippen molar-refractivity contribution in [3.05, 3.63) is 38.2 Å². The predicted molar refractivity (Wildman–Crippen MR) is 59.3 cm³/mol. The van der Waals surface area contributed by atoms with Crippen molar-refractivity contribution in [3.63, 3.8) is 0 Å². The zero-order valence-corrected chi connectivity index (χ0v) is 8.99. The standard InChI is InChI=1S/C12H10O5/c13-7-5-9(14)17-11-6-3-1-2-4-8(6)16-12(15)10(7)11/h5,13H,1-4H2. The molecule has 5 nitrogen and oxygen atoms in total. The zero-order valence-electron chi connectivity index (χ0n) is 8.99. The second kappa shape index (κ2) is 3.48. The quantitative estimate of drug-likeness (QED) is 0.743. The van der Waals surface area contributed by atoms with E-state index in [0.717, 1.165) is 24.5 Å². The van der Waals surface area contributed by atoms with Crippen LogP contribution < -0.4 is 11.3 Å². The maximum Gasteiger partial charge on any atom is 0.350 e. The van der Waals surface area contributed by atoms with Gasteiger partial charge in [0.1, 0.15) is 16.9 Å². The fourth-order valence-corrected chi connectivity index (χ4v) is 2.28. The topological polar surface area (TPSA) is 80.6 Å². The predicted octanol–water partition coefficient (Wildman–Crippen LogP) is 1.33. The Bertz CT molecular complexity index is 707. The van der Waals surface area contributed by atoms with E-state index in [-0.39, 0.29) is 16.7 Å². The second-order valence-electron chi connectivity index (χ2n) is 4.15. The van der Waals surface area contributed by atoms with Crippen molar-refractivity contribution in [3.8, 4) is 5.75 Å². The first-order chi connectivity index (χ1) is 8.16. The van der Waals surface area contributed by atoms with Crippen molar-refractivity contribution < 1.29 is 13.9 Å². The van der Waals surface area contributed by atoms with Crippen LogP contribution in [-0.4, -0.2) is 5.11 Å². The van der Waals surface area contributed by atoms with E-state index in [4.69, 9.17) is 8.83 Å². The SMILES string of the molecule is O=c1cc(O)c2c(=O)oc3c(c2o1)CCCC3. The Morgan fingerprint density at radius 3 is 2.71 bits per heavy atom. The molecule has 1 aliphatic rings. The van der Waals surface area contributed by atoms with E-state index in [2.05, 4.69) is 0 Å². The largest absolute Gasteiger partial charge is 0.507 e. The summed E-state index contributed by atoms with van der Waals surface area (Å²) in [6.45, 7) is 0. The molecule has 0 bridgehead atoms. The molecule has 2 aromatic rings. The average Bonchev–Trinajstić information content (AvgIpc) is 2.28. The highest BCUT2D eigenvalue weighted by Gasteiger charge is 2.21. The molecule has 0 unspecified atom stereocenters. The van der Waals surface area contributed by atoms with Crippen LogP contribution in [0.25, 0.3) is 11.0 Å². The van der Waals surface area contributed by atoms with E-state index in [1.165, 1.54) is 0 Å². The molecule has 2 aromatic heterocycles. The molecule has 2 heterocycles. The van der Waals surface area contributed by atoms with Crippen LogP contribution >= 0.6 is 0 Å². The van der Waals surface area contributed by atoms with Gasteiger partial charge in [-0.05, 0) is 19.3 Å². The second-order valence-corrected chi connectivity index (χ2v) is 4.15. The lowest BCUT2D eigenvalue weighted by molar-refractivity contribution is 0.417. The van der Waals surface area contributed by atoms with Crippen LogP contribution in [0.3, 0.4) is 0 Å².